The number of amides is 4. The summed E-state index contributed by atoms with van der Waals surface area (Å²) in [4.78, 5) is 73.8. The maximum atomic E-state index is 14.4. The zero-order chi connectivity index (χ0) is 41.4. The lowest BCUT2D eigenvalue weighted by Gasteiger charge is -2.42. The molecule has 1 heterocycles. The number of nitrogens with one attached hydrogen (secondary N) is 2. The highest BCUT2D eigenvalue weighted by Gasteiger charge is 2.43. The lowest BCUT2D eigenvalue weighted by molar-refractivity contribution is -0.149. The lowest BCUT2D eigenvalue weighted by atomic mass is 9.89. The van der Waals surface area contributed by atoms with Gasteiger partial charge in [0.1, 0.15) is 12.1 Å². The molecule has 0 aliphatic carbocycles. The first kappa shape index (κ1) is 47.6. The number of nitrogens with zero attached hydrogens (tertiary/aromatic N) is 3. The van der Waals surface area contributed by atoms with Crippen molar-refractivity contribution < 1.29 is 38.2 Å². The average molecular weight is 775 g/mol. The fraction of sp³-hybridized carbons (Fsp3) is 0.732. The van der Waals surface area contributed by atoms with Gasteiger partial charge < -0.3 is 40.4 Å². The van der Waals surface area contributed by atoms with Crippen LogP contribution in [0.1, 0.15) is 79.2 Å². The SMILES string of the molecule is CC[C@H](C)[C@@H]([C@@H](CC(=O)N1CCC[C@H]1[C@H](OC)[C@@H](C)C(=O)NC(Cc1ccccc1)C(=O)OC)OC)N(CC)C(=O)[C@H](CCN)NC(=O)[C@H](C(C)C)N(C)C. The van der Waals surface area contributed by atoms with E-state index in [1.54, 1.807) is 23.8 Å². The Morgan fingerprint density at radius 1 is 0.927 bits per heavy atom. The number of hydrogen-bond acceptors (Lipinski definition) is 10. The van der Waals surface area contributed by atoms with Crippen LogP contribution < -0.4 is 16.4 Å². The lowest BCUT2D eigenvalue weighted by Crippen LogP contribution is -2.60. The zero-order valence-corrected chi connectivity index (χ0v) is 35.2. The van der Waals surface area contributed by atoms with Crippen molar-refractivity contribution >= 4 is 29.6 Å². The molecular weight excluding hydrogens is 704 g/mol. The van der Waals surface area contributed by atoms with Crippen LogP contribution in [0.3, 0.4) is 0 Å². The predicted molar refractivity (Wildman–Crippen MR) is 213 cm³/mol. The number of benzene rings is 1. The van der Waals surface area contributed by atoms with Crippen molar-refractivity contribution in [3.05, 3.63) is 35.9 Å². The molecule has 4 N–H and O–H groups in total. The number of methoxy groups -OCH3 is 3. The molecule has 1 aromatic carbocycles. The number of ether oxygens (including phenoxy) is 3. The van der Waals surface area contributed by atoms with Gasteiger partial charge in [-0.1, -0.05) is 71.4 Å². The summed E-state index contributed by atoms with van der Waals surface area (Å²) < 4.78 is 17.0. The molecule has 1 unspecified atom stereocenters. The normalized spacial score (nSPS) is 18.8. The molecule has 1 saturated heterocycles. The van der Waals surface area contributed by atoms with Gasteiger partial charge in [-0.3, -0.25) is 24.1 Å². The van der Waals surface area contributed by atoms with Crippen LogP contribution in [0.15, 0.2) is 30.3 Å². The molecule has 0 spiro atoms. The van der Waals surface area contributed by atoms with Crippen molar-refractivity contribution in [3.8, 4) is 0 Å². The second-order valence-electron chi connectivity index (χ2n) is 15.3. The number of carbonyl (C=O) groups excluding carboxylic acids is 5. The summed E-state index contributed by atoms with van der Waals surface area (Å²) in [7, 11) is 8.04. The molecule has 0 saturated carbocycles. The molecule has 1 aliphatic heterocycles. The molecule has 0 aromatic heterocycles. The van der Waals surface area contributed by atoms with E-state index in [0.29, 0.717) is 25.9 Å². The molecule has 9 atom stereocenters. The van der Waals surface area contributed by atoms with Gasteiger partial charge in [-0.25, -0.2) is 4.79 Å². The van der Waals surface area contributed by atoms with E-state index in [1.807, 2.05) is 83.9 Å². The van der Waals surface area contributed by atoms with Crippen molar-refractivity contribution in [1.29, 1.82) is 0 Å². The summed E-state index contributed by atoms with van der Waals surface area (Å²) in [6.07, 6.45) is 1.27. The summed E-state index contributed by atoms with van der Waals surface area (Å²) in [5.74, 6) is -2.36. The Kier molecular flexibility index (Phi) is 20.3. The third kappa shape index (κ3) is 13.0. The zero-order valence-electron chi connectivity index (χ0n) is 35.2. The van der Waals surface area contributed by atoms with E-state index in [-0.39, 0.29) is 61.3 Å². The molecular formula is C41H70N6O8. The van der Waals surface area contributed by atoms with Crippen LogP contribution in [0.5, 0.6) is 0 Å². The fourth-order valence-electron chi connectivity index (χ4n) is 8.05. The topological polar surface area (TPSA) is 173 Å². The number of likely N-dealkylation sites (N-methyl/N-ethyl adjacent to an activating group) is 2. The highest BCUT2D eigenvalue weighted by atomic mass is 16.5. The van der Waals surface area contributed by atoms with E-state index < -0.39 is 54.3 Å². The fourth-order valence-corrected chi connectivity index (χ4v) is 8.05. The number of carbonyl (C=O) groups is 5. The van der Waals surface area contributed by atoms with E-state index >= 15 is 0 Å². The number of esters is 1. The van der Waals surface area contributed by atoms with Crippen molar-refractivity contribution in [2.24, 2.45) is 23.5 Å². The molecule has 1 fully saturated rings. The van der Waals surface area contributed by atoms with Gasteiger partial charge in [-0.05, 0) is 64.2 Å². The van der Waals surface area contributed by atoms with Crippen molar-refractivity contribution in [1.82, 2.24) is 25.3 Å². The van der Waals surface area contributed by atoms with Crippen molar-refractivity contribution in [2.45, 2.75) is 122 Å². The van der Waals surface area contributed by atoms with Gasteiger partial charge in [0.2, 0.25) is 23.6 Å². The first-order chi connectivity index (χ1) is 26.1. The summed E-state index contributed by atoms with van der Waals surface area (Å²) in [6, 6.07) is 6.32. The monoisotopic (exact) mass is 775 g/mol. The number of rotatable bonds is 23. The highest BCUT2D eigenvalue weighted by molar-refractivity contribution is 5.90. The Balaban J connectivity index is 2.32. The van der Waals surface area contributed by atoms with Gasteiger partial charge in [0.15, 0.2) is 0 Å². The van der Waals surface area contributed by atoms with Crippen LogP contribution in [-0.4, -0.2) is 142 Å². The Morgan fingerprint density at radius 2 is 1.56 bits per heavy atom. The van der Waals surface area contributed by atoms with E-state index in [2.05, 4.69) is 10.6 Å². The molecule has 2 rings (SSSR count). The molecule has 14 nitrogen and oxygen atoms in total. The van der Waals surface area contributed by atoms with Gasteiger partial charge in [0.05, 0.1) is 49.8 Å². The minimum atomic E-state index is -0.896. The van der Waals surface area contributed by atoms with Gasteiger partial charge in [0, 0.05) is 33.7 Å². The van der Waals surface area contributed by atoms with E-state index in [9.17, 15) is 24.0 Å². The second-order valence-corrected chi connectivity index (χ2v) is 15.3. The summed E-state index contributed by atoms with van der Waals surface area (Å²) >= 11 is 0. The summed E-state index contributed by atoms with van der Waals surface area (Å²) in [5.41, 5.74) is 6.84. The van der Waals surface area contributed by atoms with E-state index in [0.717, 1.165) is 12.0 Å². The maximum Gasteiger partial charge on any atom is 0.328 e. The molecule has 14 heteroatoms. The van der Waals surface area contributed by atoms with Crippen LogP contribution in [0.4, 0.5) is 0 Å². The number of hydrogen-bond donors (Lipinski definition) is 3. The van der Waals surface area contributed by atoms with Crippen LogP contribution in [0, 0.1) is 17.8 Å². The molecule has 312 valence electrons. The smallest absolute Gasteiger partial charge is 0.328 e. The minimum Gasteiger partial charge on any atom is -0.467 e. The number of likely N-dealkylation sites (tertiary alicyclic amines) is 1. The van der Waals surface area contributed by atoms with Gasteiger partial charge >= 0.3 is 5.97 Å². The van der Waals surface area contributed by atoms with E-state index in [4.69, 9.17) is 19.9 Å². The molecule has 1 aliphatic rings. The first-order valence-corrected chi connectivity index (χ1v) is 19.9. The number of nitrogens with two attached hydrogens (primary N) is 1. The minimum absolute atomic E-state index is 0.00570. The van der Waals surface area contributed by atoms with Crippen LogP contribution in [0.2, 0.25) is 0 Å². The van der Waals surface area contributed by atoms with Crippen LogP contribution in [0.25, 0.3) is 0 Å². The first-order valence-electron chi connectivity index (χ1n) is 19.9. The quantitative estimate of drug-likeness (QED) is 0.140. The molecule has 4 amide bonds. The van der Waals surface area contributed by atoms with Gasteiger partial charge in [0.25, 0.3) is 0 Å². The van der Waals surface area contributed by atoms with Gasteiger partial charge in [-0.2, -0.15) is 0 Å². The van der Waals surface area contributed by atoms with Crippen LogP contribution >= 0.6 is 0 Å². The maximum absolute atomic E-state index is 14.4. The molecule has 55 heavy (non-hydrogen) atoms. The molecule has 0 bridgehead atoms. The third-order valence-corrected chi connectivity index (χ3v) is 11.1. The Labute approximate surface area is 329 Å². The average Bonchev–Trinajstić information content (AvgIpc) is 3.64. The Hall–Kier alpha value is -3.59. The van der Waals surface area contributed by atoms with Crippen LogP contribution in [-0.2, 0) is 44.6 Å². The van der Waals surface area contributed by atoms with Crippen molar-refractivity contribution in [3.63, 3.8) is 0 Å². The van der Waals surface area contributed by atoms with E-state index in [1.165, 1.54) is 14.2 Å². The standard InChI is InChI=1S/C41H70N6O8/c1-12-27(5)36(46(13-2)40(51)30(21-22-42)43-39(50)35(26(3)4)45(7)8)33(53-9)25-34(48)47-23-17-20-32(47)37(54-10)28(6)38(49)44-31(41(52)55-11)24-29-18-15-14-16-19-29/h14-16,18-19,26-28,30-33,35-37H,12-13,17,20-25,42H2,1-11H3,(H,43,50)(H,44,49)/t27-,28+,30-,31?,32-,33+,35-,36-,37+/m0/s1. The van der Waals surface area contributed by atoms with Crippen molar-refractivity contribution in [2.75, 3.05) is 55.1 Å². The Morgan fingerprint density at radius 3 is 2.07 bits per heavy atom. The predicted octanol–water partition coefficient (Wildman–Crippen LogP) is 2.62. The summed E-state index contributed by atoms with van der Waals surface area (Å²) in [5, 5.41) is 5.85. The molecule has 1 aromatic rings. The van der Waals surface area contributed by atoms with Gasteiger partial charge in [-0.15, -0.1) is 0 Å². The summed E-state index contributed by atoms with van der Waals surface area (Å²) in [6.45, 7) is 12.6. The largest absolute Gasteiger partial charge is 0.467 e. The third-order valence-electron chi connectivity index (χ3n) is 11.1. The Bertz CT molecular complexity index is 1360. The highest BCUT2D eigenvalue weighted by Crippen LogP contribution is 2.30. The second kappa shape index (κ2) is 23.5. The molecule has 0 radical (unpaired) electrons.